The lowest BCUT2D eigenvalue weighted by atomic mass is 9.81. The summed E-state index contributed by atoms with van der Waals surface area (Å²) in [7, 11) is 0. The van der Waals surface area contributed by atoms with E-state index >= 15 is 0 Å². The number of hydrogen-bond donors (Lipinski definition) is 1. The molecule has 2 aliphatic heterocycles. The van der Waals surface area contributed by atoms with Crippen LogP contribution in [0.1, 0.15) is 42.6 Å². The van der Waals surface area contributed by atoms with Crippen molar-refractivity contribution in [3.8, 4) is 0 Å². The van der Waals surface area contributed by atoms with Crippen LogP contribution < -0.4 is 0 Å². The number of fused-ring (bicyclic) bond motifs is 2. The Labute approximate surface area is 170 Å². The highest BCUT2D eigenvalue weighted by atomic mass is 16.3. The van der Waals surface area contributed by atoms with Crippen LogP contribution in [0.3, 0.4) is 0 Å². The molecule has 7 heteroatoms. The van der Waals surface area contributed by atoms with Crippen molar-refractivity contribution in [2.75, 3.05) is 0 Å². The molecule has 0 amide bonds. The van der Waals surface area contributed by atoms with Crippen molar-refractivity contribution in [2.24, 2.45) is 0 Å². The molecule has 2 bridgehead atoms. The summed E-state index contributed by atoms with van der Waals surface area (Å²) in [4.78, 5) is 6.70. The molecule has 2 aromatic heterocycles. The maximum Gasteiger partial charge on any atom is 0.165 e. The first kappa shape index (κ1) is 18.4. The topological polar surface area (TPSA) is 80.0 Å². The average molecular weight is 390 g/mol. The van der Waals surface area contributed by atoms with Gasteiger partial charge >= 0.3 is 0 Å². The lowest BCUT2D eigenvalue weighted by molar-refractivity contribution is -0.0606. The van der Waals surface area contributed by atoms with Gasteiger partial charge in [0.05, 0.1) is 12.1 Å². The van der Waals surface area contributed by atoms with Crippen molar-refractivity contribution in [1.82, 2.24) is 30.1 Å². The molecule has 1 N–H and O–H groups in total. The van der Waals surface area contributed by atoms with Gasteiger partial charge < -0.3 is 5.11 Å². The number of aromatic nitrogens is 5. The molecule has 2 unspecified atom stereocenters. The molecule has 1 aromatic carbocycles. The van der Waals surface area contributed by atoms with Gasteiger partial charge in [-0.05, 0) is 54.2 Å². The SMILES string of the molecule is OC1(c2cccnc2)CC2CCC(C1)N2Cc1nnnn1CCc1ccccc1. The Hall–Kier alpha value is -2.64. The van der Waals surface area contributed by atoms with E-state index in [1.54, 1.807) is 12.4 Å². The van der Waals surface area contributed by atoms with Crippen LogP contribution in [-0.4, -0.2) is 47.3 Å². The van der Waals surface area contributed by atoms with Gasteiger partial charge in [-0.2, -0.15) is 0 Å². The monoisotopic (exact) mass is 390 g/mol. The number of aliphatic hydroxyl groups is 1. The number of pyridine rings is 1. The van der Waals surface area contributed by atoms with Crippen LogP contribution in [0.15, 0.2) is 54.9 Å². The van der Waals surface area contributed by atoms with Crippen LogP contribution in [0.2, 0.25) is 0 Å². The Morgan fingerprint density at radius 3 is 2.55 bits per heavy atom. The smallest absolute Gasteiger partial charge is 0.165 e. The van der Waals surface area contributed by atoms with Crippen molar-refractivity contribution in [3.05, 3.63) is 71.8 Å². The zero-order chi connectivity index (χ0) is 19.7. The molecule has 2 fully saturated rings. The molecule has 7 nitrogen and oxygen atoms in total. The van der Waals surface area contributed by atoms with Crippen LogP contribution >= 0.6 is 0 Å². The summed E-state index contributed by atoms with van der Waals surface area (Å²) in [5.41, 5.74) is 1.44. The second-order valence-electron chi connectivity index (χ2n) is 8.29. The van der Waals surface area contributed by atoms with Gasteiger partial charge in [0.25, 0.3) is 0 Å². The quantitative estimate of drug-likeness (QED) is 0.696. The number of aryl methyl sites for hydroxylation is 2. The van der Waals surface area contributed by atoms with Crippen molar-refractivity contribution >= 4 is 0 Å². The third kappa shape index (κ3) is 3.68. The fraction of sp³-hybridized carbons (Fsp3) is 0.455. The molecule has 0 radical (unpaired) electrons. The van der Waals surface area contributed by atoms with E-state index < -0.39 is 5.60 Å². The predicted octanol–water partition coefficient (Wildman–Crippen LogP) is 2.33. The number of tetrazole rings is 1. The maximum atomic E-state index is 11.3. The summed E-state index contributed by atoms with van der Waals surface area (Å²) < 4.78 is 1.92. The minimum Gasteiger partial charge on any atom is -0.385 e. The predicted molar refractivity (Wildman–Crippen MR) is 108 cm³/mol. The minimum atomic E-state index is -0.782. The molecule has 5 rings (SSSR count). The zero-order valence-corrected chi connectivity index (χ0v) is 16.4. The molecular weight excluding hydrogens is 364 g/mol. The van der Waals surface area contributed by atoms with Gasteiger partial charge in [0.1, 0.15) is 0 Å². The van der Waals surface area contributed by atoms with Gasteiger partial charge in [-0.15, -0.1) is 5.10 Å². The lowest BCUT2D eigenvalue weighted by Crippen LogP contribution is -2.49. The number of rotatable bonds is 6. The van der Waals surface area contributed by atoms with Crippen LogP contribution in [0, 0.1) is 0 Å². The van der Waals surface area contributed by atoms with Gasteiger partial charge in [0, 0.05) is 36.6 Å². The van der Waals surface area contributed by atoms with Crippen molar-refractivity contribution in [3.63, 3.8) is 0 Å². The van der Waals surface area contributed by atoms with Gasteiger partial charge in [-0.25, -0.2) is 4.68 Å². The van der Waals surface area contributed by atoms with Crippen LogP contribution in [0.4, 0.5) is 0 Å². The Morgan fingerprint density at radius 2 is 1.83 bits per heavy atom. The molecule has 4 heterocycles. The highest BCUT2D eigenvalue weighted by Crippen LogP contribution is 2.45. The first-order valence-electron chi connectivity index (χ1n) is 10.4. The van der Waals surface area contributed by atoms with Crippen molar-refractivity contribution in [2.45, 2.75) is 62.9 Å². The van der Waals surface area contributed by atoms with E-state index in [1.165, 1.54) is 5.56 Å². The Kier molecular flexibility index (Phi) is 4.85. The fourth-order valence-electron chi connectivity index (χ4n) is 5.00. The van der Waals surface area contributed by atoms with Crippen molar-refractivity contribution in [1.29, 1.82) is 0 Å². The van der Waals surface area contributed by atoms with E-state index in [1.807, 2.05) is 22.9 Å². The minimum absolute atomic E-state index is 0.346. The van der Waals surface area contributed by atoms with Crippen LogP contribution in [-0.2, 0) is 25.1 Å². The summed E-state index contributed by atoms with van der Waals surface area (Å²) in [5, 5.41) is 23.8. The van der Waals surface area contributed by atoms with Gasteiger partial charge in [-0.1, -0.05) is 36.4 Å². The number of hydrogen-bond acceptors (Lipinski definition) is 6. The molecular formula is C22H26N6O. The van der Waals surface area contributed by atoms with E-state index in [0.29, 0.717) is 12.1 Å². The largest absolute Gasteiger partial charge is 0.385 e. The van der Waals surface area contributed by atoms with E-state index in [0.717, 1.165) is 56.6 Å². The third-order valence-electron chi connectivity index (χ3n) is 6.50. The van der Waals surface area contributed by atoms with E-state index in [-0.39, 0.29) is 0 Å². The molecule has 2 aliphatic rings. The number of piperidine rings is 1. The highest BCUT2D eigenvalue weighted by Gasteiger charge is 2.48. The van der Waals surface area contributed by atoms with Crippen LogP contribution in [0.5, 0.6) is 0 Å². The van der Waals surface area contributed by atoms with E-state index in [2.05, 4.69) is 49.7 Å². The second kappa shape index (κ2) is 7.65. The maximum absolute atomic E-state index is 11.3. The van der Waals surface area contributed by atoms with Gasteiger partial charge in [0.15, 0.2) is 5.82 Å². The van der Waals surface area contributed by atoms with E-state index in [9.17, 15) is 5.11 Å². The number of nitrogens with zero attached hydrogens (tertiary/aromatic N) is 6. The first-order valence-corrected chi connectivity index (χ1v) is 10.4. The van der Waals surface area contributed by atoms with Crippen LogP contribution in [0.25, 0.3) is 0 Å². The number of benzene rings is 1. The lowest BCUT2D eigenvalue weighted by Gasteiger charge is -2.43. The van der Waals surface area contributed by atoms with Crippen molar-refractivity contribution < 1.29 is 5.11 Å². The summed E-state index contributed by atoms with van der Waals surface area (Å²) >= 11 is 0. The summed E-state index contributed by atoms with van der Waals surface area (Å²) in [6.45, 7) is 1.51. The molecule has 29 heavy (non-hydrogen) atoms. The zero-order valence-electron chi connectivity index (χ0n) is 16.4. The first-order chi connectivity index (χ1) is 14.2. The molecule has 150 valence electrons. The molecule has 2 saturated heterocycles. The summed E-state index contributed by atoms with van der Waals surface area (Å²) in [6, 6.07) is 15.0. The molecule has 0 saturated carbocycles. The average Bonchev–Trinajstić information content (AvgIpc) is 3.30. The van der Waals surface area contributed by atoms with Gasteiger partial charge in [0.2, 0.25) is 0 Å². The molecule has 2 atom stereocenters. The van der Waals surface area contributed by atoms with Gasteiger partial charge in [-0.3, -0.25) is 9.88 Å². The standard InChI is InChI=1S/C22H26N6O/c29-22(18-7-4-11-23-15-18)13-19-8-9-20(14-22)27(19)16-21-24-25-26-28(21)12-10-17-5-2-1-3-6-17/h1-7,11,15,19-20,29H,8-10,12-14,16H2. The Bertz CT molecular complexity index is 930. The molecule has 0 aliphatic carbocycles. The summed E-state index contributed by atoms with van der Waals surface area (Å²) in [5.74, 6) is 0.907. The third-order valence-corrected chi connectivity index (χ3v) is 6.50. The highest BCUT2D eigenvalue weighted by molar-refractivity contribution is 5.22. The molecule has 0 spiro atoms. The fourth-order valence-corrected chi connectivity index (χ4v) is 5.00. The Morgan fingerprint density at radius 1 is 1.03 bits per heavy atom. The summed E-state index contributed by atoms with van der Waals surface area (Å²) in [6.07, 6.45) is 8.16. The normalized spacial score (nSPS) is 26.7. The second-order valence-corrected chi connectivity index (χ2v) is 8.29. The Balaban J connectivity index is 1.28. The van der Waals surface area contributed by atoms with E-state index in [4.69, 9.17) is 0 Å². The molecule has 3 aromatic rings.